The number of nitrogens with one attached hydrogen (secondary N) is 1. The highest BCUT2D eigenvalue weighted by molar-refractivity contribution is 5.92. The highest BCUT2D eigenvalue weighted by atomic mass is 16.2. The number of H-pyrrole nitrogens is 1. The van der Waals surface area contributed by atoms with Crippen molar-refractivity contribution >= 4 is 5.91 Å². The van der Waals surface area contributed by atoms with Crippen molar-refractivity contribution in [2.45, 2.75) is 45.1 Å². The first-order valence-corrected chi connectivity index (χ1v) is 10.5. The van der Waals surface area contributed by atoms with E-state index < -0.39 is 0 Å². The van der Waals surface area contributed by atoms with Gasteiger partial charge in [0.1, 0.15) is 11.5 Å². The summed E-state index contributed by atoms with van der Waals surface area (Å²) in [6, 6.07) is 12.8. The van der Waals surface area contributed by atoms with Gasteiger partial charge in [0.25, 0.3) is 11.5 Å². The van der Waals surface area contributed by atoms with Gasteiger partial charge in [-0.15, -0.1) is 0 Å². The second-order valence-electron chi connectivity index (χ2n) is 7.61. The summed E-state index contributed by atoms with van der Waals surface area (Å²) in [5, 5.41) is 11.7. The Morgan fingerprint density at radius 1 is 1.13 bits per heavy atom. The first kappa shape index (κ1) is 20.0. The lowest BCUT2D eigenvalue weighted by molar-refractivity contribution is 0.0702. The molecule has 8 heteroatoms. The van der Waals surface area contributed by atoms with Crippen LogP contribution in [0.5, 0.6) is 0 Å². The second-order valence-corrected chi connectivity index (χ2v) is 7.61. The Kier molecular flexibility index (Phi) is 6.02. The molecule has 0 spiro atoms. The molecule has 4 rings (SSSR count). The van der Waals surface area contributed by atoms with Gasteiger partial charge in [0.05, 0.1) is 0 Å². The maximum atomic E-state index is 12.9. The maximum Gasteiger partial charge on any atom is 0.274 e. The summed E-state index contributed by atoms with van der Waals surface area (Å²) in [5.74, 6) is 1.68. The minimum atomic E-state index is -0.168. The largest absolute Gasteiger partial charge is 0.337 e. The number of aromatic nitrogens is 5. The van der Waals surface area contributed by atoms with Gasteiger partial charge >= 0.3 is 0 Å². The predicted octanol–water partition coefficient (Wildman–Crippen LogP) is 2.85. The molecule has 3 aromatic rings. The zero-order chi connectivity index (χ0) is 20.9. The number of benzene rings is 1. The monoisotopic (exact) mass is 406 g/mol. The number of carbonyl (C=O) groups excluding carboxylic acids is 1. The van der Waals surface area contributed by atoms with Crippen LogP contribution in [0.15, 0.2) is 47.3 Å². The number of amides is 1. The van der Waals surface area contributed by atoms with E-state index >= 15 is 0 Å². The van der Waals surface area contributed by atoms with E-state index in [1.165, 1.54) is 16.8 Å². The Balaban J connectivity index is 1.39. The van der Waals surface area contributed by atoms with Crippen molar-refractivity contribution in [2.75, 3.05) is 13.1 Å². The molecule has 0 atom stereocenters. The van der Waals surface area contributed by atoms with Gasteiger partial charge in [-0.3, -0.25) is 14.7 Å². The number of likely N-dealkylation sites (tertiary alicyclic amines) is 1. The molecule has 30 heavy (non-hydrogen) atoms. The van der Waals surface area contributed by atoms with E-state index in [2.05, 4.69) is 27.2 Å². The topological polar surface area (TPSA) is 96.8 Å². The minimum Gasteiger partial charge on any atom is -0.337 e. The van der Waals surface area contributed by atoms with Gasteiger partial charge in [-0.2, -0.15) is 10.2 Å². The van der Waals surface area contributed by atoms with Crippen molar-refractivity contribution < 1.29 is 4.79 Å². The van der Waals surface area contributed by atoms with E-state index in [9.17, 15) is 9.59 Å². The van der Waals surface area contributed by atoms with Crippen LogP contribution in [0.4, 0.5) is 0 Å². The molecule has 1 aliphatic rings. The van der Waals surface area contributed by atoms with Gasteiger partial charge in [-0.1, -0.05) is 43.7 Å². The number of aryl methyl sites for hydroxylation is 1. The van der Waals surface area contributed by atoms with Crippen molar-refractivity contribution in [3.63, 3.8) is 0 Å². The molecule has 0 bridgehead atoms. The average Bonchev–Trinajstić information content (AvgIpc) is 3.29. The molecule has 0 saturated carbocycles. The molecule has 1 N–H and O–H groups in total. The average molecular weight is 406 g/mol. The fraction of sp³-hybridized carbons (Fsp3) is 0.409. The van der Waals surface area contributed by atoms with Gasteiger partial charge in [-0.05, 0) is 25.3 Å². The Hall–Kier alpha value is -3.29. The van der Waals surface area contributed by atoms with Crippen LogP contribution in [0.1, 0.15) is 54.8 Å². The first-order chi connectivity index (χ1) is 14.7. The van der Waals surface area contributed by atoms with Gasteiger partial charge < -0.3 is 4.90 Å². The normalized spacial score (nSPS) is 14.8. The molecule has 1 aliphatic heterocycles. The van der Waals surface area contributed by atoms with E-state index in [0.29, 0.717) is 31.2 Å². The highest BCUT2D eigenvalue weighted by Gasteiger charge is 2.27. The van der Waals surface area contributed by atoms with Crippen LogP contribution in [0.25, 0.3) is 11.4 Å². The maximum absolute atomic E-state index is 12.9. The lowest BCUT2D eigenvalue weighted by Crippen LogP contribution is -2.39. The fourth-order valence-electron chi connectivity index (χ4n) is 3.72. The fourth-order valence-corrected chi connectivity index (χ4v) is 3.72. The number of unbranched alkanes of at least 4 members (excludes halogenated alkanes) is 1. The van der Waals surface area contributed by atoms with E-state index in [1.807, 2.05) is 35.2 Å². The summed E-state index contributed by atoms with van der Waals surface area (Å²) < 4.78 is 1.39. The standard InChI is InChI=1S/C22H26N6O2/c1-2-3-13-28-19(29)10-9-18(26-28)22(30)27-14-11-17(12-15-27)21-23-20(24-25-21)16-7-5-4-6-8-16/h4-10,17H,2-3,11-15H2,1H3,(H,23,24,25). The molecule has 1 saturated heterocycles. The SMILES string of the molecule is CCCCn1nc(C(=O)N2CCC(c3nc(-c4ccccc4)n[nH]3)CC2)ccc1=O. The molecule has 0 aliphatic carbocycles. The molecule has 8 nitrogen and oxygen atoms in total. The molecule has 2 aromatic heterocycles. The molecule has 1 amide bonds. The predicted molar refractivity (Wildman–Crippen MR) is 113 cm³/mol. The number of hydrogen-bond donors (Lipinski definition) is 1. The zero-order valence-corrected chi connectivity index (χ0v) is 17.1. The van der Waals surface area contributed by atoms with Gasteiger partial charge in [0.15, 0.2) is 5.82 Å². The zero-order valence-electron chi connectivity index (χ0n) is 17.1. The summed E-state index contributed by atoms with van der Waals surface area (Å²) in [6.07, 6.45) is 3.45. The van der Waals surface area contributed by atoms with Crippen LogP contribution in [-0.4, -0.2) is 48.9 Å². The van der Waals surface area contributed by atoms with Crippen molar-refractivity contribution in [3.05, 3.63) is 64.3 Å². The Labute approximate surface area is 175 Å². The molecular formula is C22H26N6O2. The van der Waals surface area contributed by atoms with E-state index in [1.54, 1.807) is 0 Å². The van der Waals surface area contributed by atoms with Crippen LogP contribution in [0, 0.1) is 0 Å². The summed E-state index contributed by atoms with van der Waals surface area (Å²) in [6.45, 7) is 3.84. The van der Waals surface area contributed by atoms with Crippen molar-refractivity contribution in [1.29, 1.82) is 0 Å². The molecule has 156 valence electrons. The van der Waals surface area contributed by atoms with Crippen molar-refractivity contribution in [3.8, 4) is 11.4 Å². The lowest BCUT2D eigenvalue weighted by Gasteiger charge is -2.30. The van der Waals surface area contributed by atoms with E-state index in [0.717, 1.165) is 37.1 Å². The van der Waals surface area contributed by atoms with Crippen LogP contribution < -0.4 is 5.56 Å². The third-order valence-corrected chi connectivity index (χ3v) is 5.51. The van der Waals surface area contributed by atoms with Crippen molar-refractivity contribution in [2.24, 2.45) is 0 Å². The van der Waals surface area contributed by atoms with E-state index in [-0.39, 0.29) is 17.4 Å². The third kappa shape index (κ3) is 4.32. The van der Waals surface area contributed by atoms with E-state index in [4.69, 9.17) is 0 Å². The third-order valence-electron chi connectivity index (χ3n) is 5.51. The molecule has 0 unspecified atom stereocenters. The Bertz CT molecular complexity index is 1050. The summed E-state index contributed by atoms with van der Waals surface area (Å²) in [5.41, 5.74) is 1.14. The molecule has 3 heterocycles. The smallest absolute Gasteiger partial charge is 0.274 e. The van der Waals surface area contributed by atoms with Gasteiger partial charge in [0.2, 0.25) is 0 Å². The van der Waals surface area contributed by atoms with Crippen LogP contribution >= 0.6 is 0 Å². The minimum absolute atomic E-state index is 0.124. The number of carbonyl (C=O) groups is 1. The number of piperidine rings is 1. The summed E-state index contributed by atoms with van der Waals surface area (Å²) in [4.78, 5) is 31.3. The Morgan fingerprint density at radius 3 is 2.63 bits per heavy atom. The first-order valence-electron chi connectivity index (χ1n) is 10.5. The molecule has 1 aromatic carbocycles. The van der Waals surface area contributed by atoms with Crippen LogP contribution in [0.2, 0.25) is 0 Å². The summed E-state index contributed by atoms with van der Waals surface area (Å²) in [7, 11) is 0. The number of aromatic amines is 1. The second kappa shape index (κ2) is 9.02. The number of nitrogens with zero attached hydrogens (tertiary/aromatic N) is 5. The van der Waals surface area contributed by atoms with Crippen molar-refractivity contribution in [1.82, 2.24) is 29.9 Å². The van der Waals surface area contributed by atoms with Crippen LogP contribution in [0.3, 0.4) is 0 Å². The molecule has 0 radical (unpaired) electrons. The van der Waals surface area contributed by atoms with Crippen LogP contribution in [-0.2, 0) is 6.54 Å². The quantitative estimate of drug-likeness (QED) is 0.679. The number of rotatable bonds is 6. The molecular weight excluding hydrogens is 380 g/mol. The number of hydrogen-bond acceptors (Lipinski definition) is 5. The van der Waals surface area contributed by atoms with Gasteiger partial charge in [-0.25, -0.2) is 9.67 Å². The highest BCUT2D eigenvalue weighted by Crippen LogP contribution is 2.27. The lowest BCUT2D eigenvalue weighted by atomic mass is 9.96. The van der Waals surface area contributed by atoms with Gasteiger partial charge in [0, 0.05) is 37.2 Å². The Morgan fingerprint density at radius 2 is 1.90 bits per heavy atom. The molecule has 1 fully saturated rings. The summed E-state index contributed by atoms with van der Waals surface area (Å²) >= 11 is 0.